The lowest BCUT2D eigenvalue weighted by Crippen LogP contribution is -2.29. The van der Waals surface area contributed by atoms with Crippen LogP contribution in [0.1, 0.15) is 25.1 Å². The average Bonchev–Trinajstić information content (AvgIpc) is 2.70. The molecule has 0 radical (unpaired) electrons. The van der Waals surface area contributed by atoms with Crippen molar-refractivity contribution in [2.75, 3.05) is 0 Å². The normalized spacial score (nSPS) is 11.8. The van der Waals surface area contributed by atoms with Gasteiger partial charge in [-0.3, -0.25) is 0 Å². The first-order chi connectivity index (χ1) is 8.36. The summed E-state index contributed by atoms with van der Waals surface area (Å²) in [6, 6.07) is 4.28. The van der Waals surface area contributed by atoms with Gasteiger partial charge in [0.15, 0.2) is 0 Å². The van der Waals surface area contributed by atoms with Crippen LogP contribution in [0.25, 0.3) is 0 Å². The van der Waals surface area contributed by atoms with E-state index in [-0.39, 0.29) is 5.82 Å². The van der Waals surface area contributed by atoms with Crippen LogP contribution in [0.4, 0.5) is 4.39 Å². The Hall–Kier alpha value is -1.46. The van der Waals surface area contributed by atoms with Crippen molar-refractivity contribution in [2.45, 2.75) is 25.9 Å². The molecule has 6 heteroatoms. The van der Waals surface area contributed by atoms with E-state index in [0.29, 0.717) is 17.3 Å². The topological polar surface area (TPSA) is 56.7 Å². The molecule has 1 aromatic heterocycles. The van der Waals surface area contributed by atoms with Gasteiger partial charge in [-0.15, -0.1) is 5.10 Å². The first-order valence-electron chi connectivity index (χ1n) is 5.49. The average molecular weight is 269 g/mol. The fourth-order valence-corrected chi connectivity index (χ4v) is 1.72. The molecule has 1 aromatic carbocycles. The third-order valence-electron chi connectivity index (χ3n) is 2.55. The molecule has 4 nitrogen and oxygen atoms in total. The lowest BCUT2D eigenvalue weighted by Gasteiger charge is -2.13. The maximum absolute atomic E-state index is 12.9. The zero-order chi connectivity index (χ0) is 13.3. The number of hydrogen-bond acceptors (Lipinski definition) is 3. The Kier molecular flexibility index (Phi) is 3.36. The van der Waals surface area contributed by atoms with Crippen LogP contribution in [0.3, 0.4) is 0 Å². The Morgan fingerprint density at radius 3 is 2.72 bits per heavy atom. The Balaban J connectivity index is 2.21. The van der Waals surface area contributed by atoms with E-state index < -0.39 is 5.54 Å². The van der Waals surface area contributed by atoms with E-state index in [0.717, 1.165) is 5.56 Å². The molecule has 0 saturated heterocycles. The summed E-state index contributed by atoms with van der Waals surface area (Å²) < 4.78 is 14.5. The third-order valence-corrected chi connectivity index (χ3v) is 2.90. The van der Waals surface area contributed by atoms with Crippen LogP contribution in [-0.4, -0.2) is 15.0 Å². The van der Waals surface area contributed by atoms with Crippen molar-refractivity contribution in [2.24, 2.45) is 5.73 Å². The van der Waals surface area contributed by atoms with E-state index in [4.69, 9.17) is 17.3 Å². The van der Waals surface area contributed by atoms with Gasteiger partial charge in [0.2, 0.25) is 0 Å². The Morgan fingerprint density at radius 2 is 2.17 bits per heavy atom. The van der Waals surface area contributed by atoms with Gasteiger partial charge in [-0.2, -0.15) is 0 Å². The number of hydrogen-bond donors (Lipinski definition) is 1. The second-order valence-electron chi connectivity index (χ2n) is 4.76. The molecule has 0 atom stereocenters. The zero-order valence-electron chi connectivity index (χ0n) is 10.2. The molecule has 0 unspecified atom stereocenters. The van der Waals surface area contributed by atoms with Crippen LogP contribution in [0.5, 0.6) is 0 Å². The van der Waals surface area contributed by atoms with E-state index in [9.17, 15) is 4.39 Å². The van der Waals surface area contributed by atoms with Crippen LogP contribution < -0.4 is 5.73 Å². The molecule has 96 valence electrons. The van der Waals surface area contributed by atoms with Gasteiger partial charge in [0.1, 0.15) is 11.5 Å². The Morgan fingerprint density at radius 1 is 1.44 bits per heavy atom. The van der Waals surface area contributed by atoms with E-state index in [1.54, 1.807) is 16.9 Å². The summed E-state index contributed by atoms with van der Waals surface area (Å²) in [5.41, 5.74) is 6.86. The first kappa shape index (κ1) is 13.0. The molecule has 0 amide bonds. The van der Waals surface area contributed by atoms with Gasteiger partial charge in [-0.1, -0.05) is 22.9 Å². The summed E-state index contributed by atoms with van der Waals surface area (Å²) in [4.78, 5) is 0. The highest BCUT2D eigenvalue weighted by molar-refractivity contribution is 6.31. The molecule has 0 aliphatic heterocycles. The maximum atomic E-state index is 12.9. The highest BCUT2D eigenvalue weighted by Gasteiger charge is 2.18. The predicted octanol–water partition coefficient (Wildman–Crippen LogP) is 2.31. The van der Waals surface area contributed by atoms with Crippen LogP contribution >= 0.6 is 11.6 Å². The van der Waals surface area contributed by atoms with E-state index in [1.807, 2.05) is 13.8 Å². The quantitative estimate of drug-likeness (QED) is 0.929. The van der Waals surface area contributed by atoms with Crippen molar-refractivity contribution < 1.29 is 4.39 Å². The molecule has 2 N–H and O–H groups in total. The molecule has 1 heterocycles. The zero-order valence-corrected chi connectivity index (χ0v) is 10.9. The number of nitrogens with zero attached hydrogens (tertiary/aromatic N) is 3. The highest BCUT2D eigenvalue weighted by atomic mass is 35.5. The monoisotopic (exact) mass is 268 g/mol. The molecule has 0 bridgehead atoms. The van der Waals surface area contributed by atoms with Gasteiger partial charge >= 0.3 is 0 Å². The Labute approximate surface area is 110 Å². The summed E-state index contributed by atoms with van der Waals surface area (Å²) in [5, 5.41) is 8.35. The molecule has 18 heavy (non-hydrogen) atoms. The van der Waals surface area contributed by atoms with E-state index in [1.165, 1.54) is 12.1 Å². The van der Waals surface area contributed by atoms with Crippen molar-refractivity contribution in [3.05, 3.63) is 46.5 Å². The molecule has 2 rings (SSSR count). The van der Waals surface area contributed by atoms with E-state index in [2.05, 4.69) is 10.3 Å². The van der Waals surface area contributed by atoms with Crippen molar-refractivity contribution in [1.82, 2.24) is 15.0 Å². The number of benzene rings is 1. The molecular weight excluding hydrogens is 255 g/mol. The maximum Gasteiger partial charge on any atom is 0.124 e. The summed E-state index contributed by atoms with van der Waals surface area (Å²) >= 11 is 5.95. The summed E-state index contributed by atoms with van der Waals surface area (Å²) in [7, 11) is 0. The van der Waals surface area contributed by atoms with Crippen molar-refractivity contribution in [3.63, 3.8) is 0 Å². The highest BCUT2D eigenvalue weighted by Crippen LogP contribution is 2.19. The predicted molar refractivity (Wildman–Crippen MR) is 67.7 cm³/mol. The standard InChI is InChI=1S/C12H14ClFN4/c1-12(2,15)11-7-18(17-16-11)6-8-3-4-9(14)5-10(8)13/h3-5,7H,6,15H2,1-2H3. The van der Waals surface area contributed by atoms with Crippen molar-refractivity contribution in [1.29, 1.82) is 0 Å². The molecular formula is C12H14ClFN4. The minimum absolute atomic E-state index is 0.355. The minimum Gasteiger partial charge on any atom is -0.320 e. The van der Waals surface area contributed by atoms with Crippen LogP contribution in [0, 0.1) is 5.82 Å². The van der Waals surface area contributed by atoms with Gasteiger partial charge < -0.3 is 5.73 Å². The fourth-order valence-electron chi connectivity index (χ4n) is 1.50. The smallest absolute Gasteiger partial charge is 0.124 e. The van der Waals surface area contributed by atoms with Crippen LogP contribution in [-0.2, 0) is 12.1 Å². The SMILES string of the molecule is CC(C)(N)c1cn(Cc2ccc(F)cc2Cl)nn1. The number of nitrogens with two attached hydrogens (primary N) is 1. The van der Waals surface area contributed by atoms with Gasteiger partial charge in [-0.25, -0.2) is 9.07 Å². The third kappa shape index (κ3) is 2.86. The second kappa shape index (κ2) is 4.66. The van der Waals surface area contributed by atoms with E-state index >= 15 is 0 Å². The first-order valence-corrected chi connectivity index (χ1v) is 5.87. The Bertz CT molecular complexity index is 559. The summed E-state index contributed by atoms with van der Waals surface area (Å²) in [6.07, 6.45) is 1.76. The minimum atomic E-state index is -0.537. The fraction of sp³-hybridized carbons (Fsp3) is 0.333. The van der Waals surface area contributed by atoms with Crippen LogP contribution in [0.15, 0.2) is 24.4 Å². The van der Waals surface area contributed by atoms with Gasteiger partial charge in [0, 0.05) is 5.02 Å². The van der Waals surface area contributed by atoms with Gasteiger partial charge in [0.25, 0.3) is 0 Å². The number of aromatic nitrogens is 3. The van der Waals surface area contributed by atoms with Crippen molar-refractivity contribution in [3.8, 4) is 0 Å². The molecule has 0 spiro atoms. The molecule has 0 aliphatic rings. The van der Waals surface area contributed by atoms with Crippen LogP contribution in [0.2, 0.25) is 5.02 Å². The summed E-state index contributed by atoms with van der Waals surface area (Å²) in [5.74, 6) is -0.355. The number of halogens is 2. The summed E-state index contributed by atoms with van der Waals surface area (Å²) in [6.45, 7) is 4.14. The second-order valence-corrected chi connectivity index (χ2v) is 5.17. The molecule has 0 aliphatic carbocycles. The van der Waals surface area contributed by atoms with Crippen molar-refractivity contribution >= 4 is 11.6 Å². The molecule has 0 saturated carbocycles. The molecule has 2 aromatic rings. The molecule has 0 fully saturated rings. The van der Waals surface area contributed by atoms with Gasteiger partial charge in [0.05, 0.1) is 18.3 Å². The number of rotatable bonds is 3. The van der Waals surface area contributed by atoms with Gasteiger partial charge in [-0.05, 0) is 31.5 Å². The largest absolute Gasteiger partial charge is 0.320 e. The lowest BCUT2D eigenvalue weighted by atomic mass is 10.0. The lowest BCUT2D eigenvalue weighted by molar-refractivity contribution is 0.533.